The summed E-state index contributed by atoms with van der Waals surface area (Å²) < 4.78 is 44.0. The van der Waals surface area contributed by atoms with Crippen molar-refractivity contribution in [3.05, 3.63) is 52.6 Å². The van der Waals surface area contributed by atoms with Gasteiger partial charge in [0.25, 0.3) is 5.56 Å². The van der Waals surface area contributed by atoms with E-state index in [0.29, 0.717) is 57.1 Å². The van der Waals surface area contributed by atoms with Crippen LogP contribution < -0.4 is 15.4 Å². The highest BCUT2D eigenvalue weighted by atomic mass is 19.4. The van der Waals surface area contributed by atoms with Gasteiger partial charge in [-0.1, -0.05) is 18.2 Å². The van der Waals surface area contributed by atoms with Gasteiger partial charge in [-0.25, -0.2) is 15.1 Å². The number of anilines is 2. The van der Waals surface area contributed by atoms with E-state index in [1.165, 1.54) is 0 Å². The second-order valence-electron chi connectivity index (χ2n) is 8.70. The molecule has 0 unspecified atom stereocenters. The minimum absolute atomic E-state index is 0.0610. The standard InChI is InChI=1S/C23H24F3N7O3/c24-23(25,26)15-12-27-22(28-13-15)32-7-5-31(6-8-32)19(34)11-16-14-33(9-10-36-16)20-17-3-1-2-4-18(17)21(35)30-29-20/h1-4,12-13,16H,5-11,14H2,(H,30,35)/t16-/m0/s1. The number of nitrogens with zero attached hydrogens (tertiary/aromatic N) is 6. The van der Waals surface area contributed by atoms with Crippen molar-refractivity contribution < 1.29 is 22.7 Å². The van der Waals surface area contributed by atoms with E-state index in [4.69, 9.17) is 4.74 Å². The van der Waals surface area contributed by atoms with Crippen LogP contribution in [0.3, 0.4) is 0 Å². The van der Waals surface area contributed by atoms with E-state index in [0.717, 1.165) is 17.8 Å². The Bertz CT molecular complexity index is 1290. The zero-order valence-corrected chi connectivity index (χ0v) is 19.2. The van der Waals surface area contributed by atoms with Gasteiger partial charge in [-0.2, -0.15) is 18.3 Å². The second-order valence-corrected chi connectivity index (χ2v) is 8.70. The van der Waals surface area contributed by atoms with Crippen molar-refractivity contribution in [2.24, 2.45) is 0 Å². The number of H-pyrrole nitrogens is 1. The lowest BCUT2D eigenvalue weighted by Crippen LogP contribution is -2.51. The van der Waals surface area contributed by atoms with Gasteiger partial charge in [-0.05, 0) is 6.07 Å². The monoisotopic (exact) mass is 503 g/mol. The number of carbonyl (C=O) groups is 1. The number of carbonyl (C=O) groups excluding carboxylic acids is 1. The Morgan fingerprint density at radius 3 is 2.42 bits per heavy atom. The minimum Gasteiger partial charge on any atom is -0.374 e. The van der Waals surface area contributed by atoms with Crippen LogP contribution in [-0.2, 0) is 15.7 Å². The van der Waals surface area contributed by atoms with Gasteiger partial charge in [-0.3, -0.25) is 9.59 Å². The van der Waals surface area contributed by atoms with E-state index >= 15 is 0 Å². The first-order valence-corrected chi connectivity index (χ1v) is 11.6. The number of fused-ring (bicyclic) bond motifs is 1. The minimum atomic E-state index is -4.48. The van der Waals surface area contributed by atoms with E-state index in [2.05, 4.69) is 20.2 Å². The number of morpholine rings is 1. The zero-order chi connectivity index (χ0) is 25.3. The smallest absolute Gasteiger partial charge is 0.374 e. The molecule has 2 aromatic heterocycles. The average Bonchev–Trinajstić information content (AvgIpc) is 2.89. The molecule has 13 heteroatoms. The zero-order valence-electron chi connectivity index (χ0n) is 19.2. The van der Waals surface area contributed by atoms with Gasteiger partial charge in [0.05, 0.1) is 30.1 Å². The first-order valence-electron chi connectivity index (χ1n) is 11.6. The van der Waals surface area contributed by atoms with Gasteiger partial charge in [-0.15, -0.1) is 0 Å². The number of alkyl halides is 3. The Balaban J connectivity index is 1.18. The topological polar surface area (TPSA) is 108 Å². The number of hydrogen-bond donors (Lipinski definition) is 1. The summed E-state index contributed by atoms with van der Waals surface area (Å²) in [5.74, 6) is 0.798. The number of rotatable bonds is 4. The first-order chi connectivity index (χ1) is 17.3. The quantitative estimate of drug-likeness (QED) is 0.573. The Kier molecular flexibility index (Phi) is 6.48. The maximum absolute atomic E-state index is 13.0. The third-order valence-corrected chi connectivity index (χ3v) is 6.40. The van der Waals surface area contributed by atoms with Crippen LogP contribution in [0.15, 0.2) is 41.5 Å². The third-order valence-electron chi connectivity index (χ3n) is 6.40. The molecule has 5 rings (SSSR count). The van der Waals surface area contributed by atoms with Gasteiger partial charge in [0.2, 0.25) is 11.9 Å². The van der Waals surface area contributed by atoms with E-state index in [9.17, 15) is 22.8 Å². The van der Waals surface area contributed by atoms with Crippen molar-refractivity contribution in [1.82, 2.24) is 25.1 Å². The molecule has 190 valence electrons. The van der Waals surface area contributed by atoms with Crippen LogP contribution in [0.25, 0.3) is 10.8 Å². The van der Waals surface area contributed by atoms with Crippen LogP contribution in [0, 0.1) is 0 Å². The molecule has 2 aliphatic heterocycles. The second kappa shape index (κ2) is 9.72. The van der Waals surface area contributed by atoms with Gasteiger partial charge >= 0.3 is 6.18 Å². The predicted octanol–water partition coefficient (Wildman–Crippen LogP) is 1.68. The fraction of sp³-hybridized carbons (Fsp3) is 0.435. The molecular formula is C23H24F3N7O3. The number of aromatic nitrogens is 4. The van der Waals surface area contributed by atoms with Crippen LogP contribution in [0.4, 0.5) is 24.9 Å². The fourth-order valence-electron chi connectivity index (χ4n) is 4.49. The molecule has 0 saturated carbocycles. The molecule has 1 aromatic carbocycles. The molecule has 2 saturated heterocycles. The predicted molar refractivity (Wildman–Crippen MR) is 125 cm³/mol. The highest BCUT2D eigenvalue weighted by Crippen LogP contribution is 2.28. The molecule has 36 heavy (non-hydrogen) atoms. The number of benzene rings is 1. The Hall–Kier alpha value is -3.74. The van der Waals surface area contributed by atoms with Gasteiger partial charge in [0, 0.05) is 57.0 Å². The molecule has 2 fully saturated rings. The highest BCUT2D eigenvalue weighted by Gasteiger charge is 2.32. The molecule has 0 aliphatic carbocycles. The summed E-state index contributed by atoms with van der Waals surface area (Å²) in [6.45, 7) is 3.11. The van der Waals surface area contributed by atoms with Crippen molar-refractivity contribution in [3.63, 3.8) is 0 Å². The van der Waals surface area contributed by atoms with Crippen LogP contribution >= 0.6 is 0 Å². The molecule has 3 aromatic rings. The molecule has 10 nitrogen and oxygen atoms in total. The molecule has 2 aliphatic rings. The van der Waals surface area contributed by atoms with E-state index in [1.807, 2.05) is 17.0 Å². The maximum Gasteiger partial charge on any atom is 0.419 e. The Morgan fingerprint density at radius 1 is 1.03 bits per heavy atom. The van der Waals surface area contributed by atoms with E-state index in [1.54, 1.807) is 21.9 Å². The Labute approximate surface area is 203 Å². The molecule has 0 radical (unpaired) electrons. The van der Waals surface area contributed by atoms with Crippen molar-refractivity contribution in [3.8, 4) is 0 Å². The molecular weight excluding hydrogens is 479 g/mol. The average molecular weight is 503 g/mol. The molecule has 4 heterocycles. The number of aromatic amines is 1. The number of halogens is 3. The molecule has 0 spiro atoms. The first kappa shape index (κ1) is 24.0. The van der Waals surface area contributed by atoms with Crippen LogP contribution in [0.2, 0.25) is 0 Å². The van der Waals surface area contributed by atoms with Crippen molar-refractivity contribution in [2.75, 3.05) is 55.7 Å². The number of piperazine rings is 1. The van der Waals surface area contributed by atoms with Gasteiger partial charge < -0.3 is 19.4 Å². The highest BCUT2D eigenvalue weighted by molar-refractivity contribution is 5.91. The summed E-state index contributed by atoms with van der Waals surface area (Å²) in [5, 5.41) is 8.09. The van der Waals surface area contributed by atoms with Crippen molar-refractivity contribution >= 4 is 28.4 Å². The van der Waals surface area contributed by atoms with Crippen LogP contribution in [0.1, 0.15) is 12.0 Å². The Morgan fingerprint density at radius 2 is 1.72 bits per heavy atom. The van der Waals surface area contributed by atoms with Crippen LogP contribution in [-0.4, -0.2) is 83.0 Å². The summed E-state index contributed by atoms with van der Waals surface area (Å²) in [6.07, 6.45) is -3.09. The SMILES string of the molecule is O=C(C[C@H]1CN(c2n[nH]c(=O)c3ccccc23)CCO1)N1CCN(c2ncc(C(F)(F)F)cn2)CC1. The molecule has 0 bridgehead atoms. The third kappa shape index (κ3) is 4.96. The number of amides is 1. The molecule has 1 N–H and O–H groups in total. The van der Waals surface area contributed by atoms with Crippen molar-refractivity contribution in [1.29, 1.82) is 0 Å². The van der Waals surface area contributed by atoms with E-state index < -0.39 is 11.7 Å². The summed E-state index contributed by atoms with van der Waals surface area (Å²) in [7, 11) is 0. The molecule has 1 amide bonds. The van der Waals surface area contributed by atoms with E-state index in [-0.39, 0.29) is 29.9 Å². The van der Waals surface area contributed by atoms with Gasteiger partial charge in [0.15, 0.2) is 5.82 Å². The van der Waals surface area contributed by atoms with Crippen LogP contribution in [0.5, 0.6) is 0 Å². The summed E-state index contributed by atoms with van der Waals surface area (Å²) in [4.78, 5) is 38.2. The normalized spacial score (nSPS) is 19.1. The lowest BCUT2D eigenvalue weighted by atomic mass is 10.1. The largest absolute Gasteiger partial charge is 0.419 e. The number of hydrogen-bond acceptors (Lipinski definition) is 8. The molecule has 1 atom stereocenters. The summed E-state index contributed by atoms with van der Waals surface area (Å²) in [5.41, 5.74) is -1.15. The summed E-state index contributed by atoms with van der Waals surface area (Å²) >= 11 is 0. The van der Waals surface area contributed by atoms with Gasteiger partial charge in [0.1, 0.15) is 0 Å². The number of nitrogens with one attached hydrogen (secondary N) is 1. The number of ether oxygens (including phenoxy) is 1. The fourth-order valence-corrected chi connectivity index (χ4v) is 4.49. The van der Waals surface area contributed by atoms with Crippen molar-refractivity contribution in [2.45, 2.75) is 18.7 Å². The lowest BCUT2D eigenvalue weighted by Gasteiger charge is -2.37. The lowest BCUT2D eigenvalue weighted by molar-refractivity contribution is -0.138. The summed E-state index contributed by atoms with van der Waals surface area (Å²) in [6, 6.07) is 7.24. The maximum atomic E-state index is 13.0.